The number of hydrogen-bond acceptors (Lipinski definition) is 3. The van der Waals surface area contributed by atoms with Crippen molar-refractivity contribution in [2.24, 2.45) is 11.3 Å². The Bertz CT molecular complexity index is 314. The average Bonchev–Trinajstić information content (AvgIpc) is 2.48. The van der Waals surface area contributed by atoms with Crippen molar-refractivity contribution in [1.82, 2.24) is 10.2 Å². The first-order chi connectivity index (χ1) is 9.64. The lowest BCUT2D eigenvalue weighted by Crippen LogP contribution is -2.45. The standard InChI is InChI=1S/C16H30N2O2/c1-16(7-3-2-4-8-16)15(20)17-9-11-18-10-5-6-14(12-18)13-19/h14,19H,2-13H2,1H3,(H,17,20)/t14-/m1/s1. The minimum absolute atomic E-state index is 0.131. The van der Waals surface area contributed by atoms with Gasteiger partial charge in [0.05, 0.1) is 0 Å². The van der Waals surface area contributed by atoms with E-state index >= 15 is 0 Å². The van der Waals surface area contributed by atoms with E-state index in [2.05, 4.69) is 17.1 Å². The number of aliphatic hydroxyl groups is 1. The number of carbonyl (C=O) groups excluding carboxylic acids is 1. The number of amides is 1. The number of rotatable bonds is 5. The fourth-order valence-corrected chi connectivity index (χ4v) is 3.60. The molecule has 0 unspecified atom stereocenters. The van der Waals surface area contributed by atoms with E-state index in [1.165, 1.54) is 19.3 Å². The fourth-order valence-electron chi connectivity index (χ4n) is 3.60. The van der Waals surface area contributed by atoms with Crippen LogP contribution in [-0.2, 0) is 4.79 Å². The first-order valence-electron chi connectivity index (χ1n) is 8.25. The zero-order valence-electron chi connectivity index (χ0n) is 12.9. The normalized spacial score (nSPS) is 27.2. The lowest BCUT2D eigenvalue weighted by Gasteiger charge is -2.34. The van der Waals surface area contributed by atoms with Crippen LogP contribution < -0.4 is 5.32 Å². The third-order valence-corrected chi connectivity index (χ3v) is 5.08. The maximum absolute atomic E-state index is 12.3. The van der Waals surface area contributed by atoms with Crippen molar-refractivity contribution in [1.29, 1.82) is 0 Å². The Morgan fingerprint density at radius 1 is 1.30 bits per heavy atom. The first kappa shape index (κ1) is 15.8. The zero-order chi connectivity index (χ0) is 14.4. The molecule has 1 atom stereocenters. The zero-order valence-corrected chi connectivity index (χ0v) is 12.9. The lowest BCUT2D eigenvalue weighted by atomic mass is 9.75. The molecule has 1 aliphatic heterocycles. The van der Waals surface area contributed by atoms with Gasteiger partial charge in [-0.05, 0) is 38.1 Å². The van der Waals surface area contributed by atoms with E-state index in [0.717, 1.165) is 51.9 Å². The molecule has 0 aromatic carbocycles. The number of likely N-dealkylation sites (tertiary alicyclic amines) is 1. The molecule has 2 N–H and O–H groups in total. The van der Waals surface area contributed by atoms with Crippen LogP contribution in [0.4, 0.5) is 0 Å². The summed E-state index contributed by atoms with van der Waals surface area (Å²) in [6.07, 6.45) is 8.03. The van der Waals surface area contributed by atoms with Crippen LogP contribution in [0.25, 0.3) is 0 Å². The SMILES string of the molecule is CC1(C(=O)NCCN2CCC[C@@H](CO)C2)CCCCC1. The predicted molar refractivity (Wildman–Crippen MR) is 80.5 cm³/mol. The molecule has 1 heterocycles. The van der Waals surface area contributed by atoms with E-state index in [4.69, 9.17) is 0 Å². The Labute approximate surface area is 122 Å². The van der Waals surface area contributed by atoms with Crippen LogP contribution in [0.1, 0.15) is 51.9 Å². The van der Waals surface area contributed by atoms with Gasteiger partial charge in [0.1, 0.15) is 0 Å². The number of hydrogen-bond donors (Lipinski definition) is 2. The van der Waals surface area contributed by atoms with E-state index in [-0.39, 0.29) is 11.3 Å². The molecule has 1 saturated carbocycles. The number of piperidine rings is 1. The van der Waals surface area contributed by atoms with Crippen LogP contribution >= 0.6 is 0 Å². The van der Waals surface area contributed by atoms with E-state index in [1.807, 2.05) is 0 Å². The molecule has 1 aliphatic carbocycles. The third kappa shape index (κ3) is 4.19. The summed E-state index contributed by atoms with van der Waals surface area (Å²) in [5, 5.41) is 12.4. The molecule has 0 aromatic rings. The Morgan fingerprint density at radius 3 is 2.75 bits per heavy atom. The summed E-state index contributed by atoms with van der Waals surface area (Å²) in [7, 11) is 0. The fraction of sp³-hybridized carbons (Fsp3) is 0.938. The van der Waals surface area contributed by atoms with Crippen molar-refractivity contribution in [3.05, 3.63) is 0 Å². The minimum Gasteiger partial charge on any atom is -0.396 e. The van der Waals surface area contributed by atoms with Gasteiger partial charge in [0, 0.05) is 31.7 Å². The molecule has 0 radical (unpaired) electrons. The maximum atomic E-state index is 12.3. The van der Waals surface area contributed by atoms with Gasteiger partial charge in [-0.2, -0.15) is 0 Å². The molecule has 2 fully saturated rings. The summed E-state index contributed by atoms with van der Waals surface area (Å²) in [5.74, 6) is 0.670. The smallest absolute Gasteiger partial charge is 0.225 e. The van der Waals surface area contributed by atoms with Crippen molar-refractivity contribution >= 4 is 5.91 Å². The van der Waals surface area contributed by atoms with E-state index < -0.39 is 0 Å². The molecular weight excluding hydrogens is 252 g/mol. The van der Waals surface area contributed by atoms with Gasteiger partial charge in [-0.1, -0.05) is 26.2 Å². The van der Waals surface area contributed by atoms with Crippen LogP contribution in [0.3, 0.4) is 0 Å². The summed E-state index contributed by atoms with van der Waals surface area (Å²) in [6, 6.07) is 0. The second-order valence-corrected chi connectivity index (χ2v) is 6.87. The van der Waals surface area contributed by atoms with Crippen LogP contribution in [0.15, 0.2) is 0 Å². The van der Waals surface area contributed by atoms with Crippen LogP contribution in [0, 0.1) is 11.3 Å². The van der Waals surface area contributed by atoms with E-state index in [1.54, 1.807) is 0 Å². The summed E-state index contributed by atoms with van der Waals surface area (Å²) in [4.78, 5) is 14.7. The Balaban J connectivity index is 1.68. The highest BCUT2D eigenvalue weighted by molar-refractivity contribution is 5.82. The van der Waals surface area contributed by atoms with Gasteiger partial charge >= 0.3 is 0 Å². The van der Waals surface area contributed by atoms with Crippen LogP contribution in [0.5, 0.6) is 0 Å². The molecule has 4 nitrogen and oxygen atoms in total. The number of nitrogens with zero attached hydrogens (tertiary/aromatic N) is 1. The summed E-state index contributed by atoms with van der Waals surface area (Å²) >= 11 is 0. The molecule has 116 valence electrons. The van der Waals surface area contributed by atoms with Crippen molar-refractivity contribution in [2.75, 3.05) is 32.8 Å². The highest BCUT2D eigenvalue weighted by Crippen LogP contribution is 2.35. The molecule has 2 rings (SSSR count). The summed E-state index contributed by atoms with van der Waals surface area (Å²) < 4.78 is 0. The van der Waals surface area contributed by atoms with Gasteiger partial charge in [-0.3, -0.25) is 4.79 Å². The molecule has 1 amide bonds. The summed E-state index contributed by atoms with van der Waals surface area (Å²) in [5.41, 5.74) is -0.131. The highest BCUT2D eigenvalue weighted by atomic mass is 16.3. The van der Waals surface area contributed by atoms with Crippen molar-refractivity contribution < 1.29 is 9.90 Å². The van der Waals surface area contributed by atoms with Crippen LogP contribution in [0.2, 0.25) is 0 Å². The monoisotopic (exact) mass is 282 g/mol. The maximum Gasteiger partial charge on any atom is 0.225 e. The Kier molecular flexibility index (Phi) is 5.85. The largest absolute Gasteiger partial charge is 0.396 e. The molecule has 4 heteroatoms. The second kappa shape index (κ2) is 7.41. The van der Waals surface area contributed by atoms with Gasteiger partial charge in [0.2, 0.25) is 5.91 Å². The van der Waals surface area contributed by atoms with Gasteiger partial charge < -0.3 is 15.3 Å². The second-order valence-electron chi connectivity index (χ2n) is 6.87. The molecule has 0 bridgehead atoms. The Morgan fingerprint density at radius 2 is 2.05 bits per heavy atom. The third-order valence-electron chi connectivity index (χ3n) is 5.08. The van der Waals surface area contributed by atoms with Gasteiger partial charge in [-0.25, -0.2) is 0 Å². The Hall–Kier alpha value is -0.610. The van der Waals surface area contributed by atoms with Crippen LogP contribution in [-0.4, -0.2) is 48.7 Å². The molecule has 0 aromatic heterocycles. The summed E-state index contributed by atoms with van der Waals surface area (Å²) in [6.45, 7) is 6.14. The molecule has 0 spiro atoms. The average molecular weight is 282 g/mol. The van der Waals surface area contributed by atoms with Crippen molar-refractivity contribution in [2.45, 2.75) is 51.9 Å². The highest BCUT2D eigenvalue weighted by Gasteiger charge is 2.34. The molecular formula is C16H30N2O2. The van der Waals surface area contributed by atoms with E-state index in [9.17, 15) is 9.90 Å². The lowest BCUT2D eigenvalue weighted by molar-refractivity contribution is -0.131. The molecule has 20 heavy (non-hydrogen) atoms. The van der Waals surface area contributed by atoms with Gasteiger partial charge in [0.15, 0.2) is 0 Å². The molecule has 2 aliphatic rings. The van der Waals surface area contributed by atoms with E-state index in [0.29, 0.717) is 12.5 Å². The quantitative estimate of drug-likeness (QED) is 0.808. The van der Waals surface area contributed by atoms with Crippen molar-refractivity contribution in [3.63, 3.8) is 0 Å². The topological polar surface area (TPSA) is 52.6 Å². The number of aliphatic hydroxyl groups excluding tert-OH is 1. The number of carbonyl (C=O) groups is 1. The first-order valence-corrected chi connectivity index (χ1v) is 8.25. The minimum atomic E-state index is -0.131. The van der Waals surface area contributed by atoms with Gasteiger partial charge in [-0.15, -0.1) is 0 Å². The predicted octanol–water partition coefficient (Wildman–Crippen LogP) is 1.78. The number of nitrogens with one attached hydrogen (secondary N) is 1. The van der Waals surface area contributed by atoms with Crippen molar-refractivity contribution in [3.8, 4) is 0 Å². The molecule has 1 saturated heterocycles. The van der Waals surface area contributed by atoms with Gasteiger partial charge in [0.25, 0.3) is 0 Å².